The standard InChI is InChI=1S/C23H21Cl2N9O2/c1-32-23(19(9-30-32)29-13-35)17-4-2-3-15(31-17)10-33-12-28-18(8-22(33)36)16-7-14(24)5-6-20(16)34(27)11-21(25)26/h2-9,11-13H,10,26-27H2,1H3,(H,29,35)/b21-11-. The van der Waals surface area contributed by atoms with E-state index < -0.39 is 0 Å². The number of hydrazine groups is 1. The Balaban J connectivity index is 1.66. The van der Waals surface area contributed by atoms with Gasteiger partial charge in [-0.1, -0.05) is 29.3 Å². The van der Waals surface area contributed by atoms with E-state index in [4.69, 9.17) is 34.8 Å². The molecule has 1 amide bonds. The number of halogens is 2. The lowest BCUT2D eigenvalue weighted by Gasteiger charge is -2.18. The summed E-state index contributed by atoms with van der Waals surface area (Å²) in [6, 6.07) is 11.7. The summed E-state index contributed by atoms with van der Waals surface area (Å²) in [7, 11) is 1.75. The molecule has 11 nitrogen and oxygen atoms in total. The molecule has 0 spiro atoms. The summed E-state index contributed by atoms with van der Waals surface area (Å²) in [5.74, 6) is 6.05. The van der Waals surface area contributed by atoms with E-state index in [1.54, 1.807) is 42.1 Å². The number of benzene rings is 1. The quantitative estimate of drug-likeness (QED) is 0.137. The van der Waals surface area contributed by atoms with E-state index in [0.717, 1.165) is 0 Å². The average Bonchev–Trinajstić information content (AvgIpc) is 3.20. The van der Waals surface area contributed by atoms with Crippen LogP contribution in [0.1, 0.15) is 5.69 Å². The molecule has 0 aliphatic rings. The topological polar surface area (TPSA) is 150 Å². The molecule has 0 atom stereocenters. The van der Waals surface area contributed by atoms with Crippen LogP contribution in [-0.2, 0) is 18.4 Å². The van der Waals surface area contributed by atoms with Gasteiger partial charge in [0.1, 0.15) is 10.9 Å². The van der Waals surface area contributed by atoms with Crippen molar-refractivity contribution in [2.24, 2.45) is 18.6 Å². The van der Waals surface area contributed by atoms with Crippen molar-refractivity contribution in [3.63, 3.8) is 0 Å². The average molecular weight is 526 g/mol. The zero-order valence-electron chi connectivity index (χ0n) is 19.0. The molecule has 0 unspecified atom stereocenters. The number of anilines is 2. The molecular weight excluding hydrogens is 505 g/mol. The summed E-state index contributed by atoms with van der Waals surface area (Å²) in [5, 5.41) is 8.43. The molecule has 3 aromatic heterocycles. The molecule has 5 N–H and O–H groups in total. The third kappa shape index (κ3) is 5.38. The third-order valence-corrected chi connectivity index (χ3v) is 5.52. The van der Waals surface area contributed by atoms with Crippen LogP contribution in [0.5, 0.6) is 0 Å². The Morgan fingerprint density at radius 3 is 2.75 bits per heavy atom. The largest absolute Gasteiger partial charge is 0.388 e. The number of aryl methyl sites for hydroxylation is 1. The zero-order chi connectivity index (χ0) is 25.8. The molecule has 36 heavy (non-hydrogen) atoms. The van der Waals surface area contributed by atoms with E-state index in [2.05, 4.69) is 20.4 Å². The minimum absolute atomic E-state index is 0.0170. The van der Waals surface area contributed by atoms with Crippen LogP contribution >= 0.6 is 23.2 Å². The molecule has 0 radical (unpaired) electrons. The molecule has 0 fully saturated rings. The van der Waals surface area contributed by atoms with Gasteiger partial charge >= 0.3 is 0 Å². The van der Waals surface area contributed by atoms with Crippen molar-refractivity contribution >= 4 is 41.0 Å². The molecule has 0 aliphatic heterocycles. The van der Waals surface area contributed by atoms with Crippen LogP contribution in [-0.4, -0.2) is 30.7 Å². The van der Waals surface area contributed by atoms with Gasteiger partial charge in [0.15, 0.2) is 0 Å². The summed E-state index contributed by atoms with van der Waals surface area (Å²) in [6.07, 6.45) is 4.86. The van der Waals surface area contributed by atoms with Crippen molar-refractivity contribution in [2.75, 3.05) is 10.3 Å². The molecule has 0 saturated carbocycles. The first-order valence-electron chi connectivity index (χ1n) is 10.5. The number of rotatable bonds is 8. The number of hydrogen-bond donors (Lipinski definition) is 3. The van der Waals surface area contributed by atoms with Crippen LogP contribution in [0.25, 0.3) is 22.6 Å². The monoisotopic (exact) mass is 525 g/mol. The predicted molar refractivity (Wildman–Crippen MR) is 139 cm³/mol. The summed E-state index contributed by atoms with van der Waals surface area (Å²) >= 11 is 11.9. The highest BCUT2D eigenvalue weighted by molar-refractivity contribution is 6.31. The number of pyridine rings is 1. The fourth-order valence-corrected chi connectivity index (χ4v) is 3.89. The summed E-state index contributed by atoms with van der Waals surface area (Å²) in [6.45, 7) is 0.172. The Morgan fingerprint density at radius 2 is 2.03 bits per heavy atom. The van der Waals surface area contributed by atoms with Gasteiger partial charge in [0.05, 0.1) is 53.7 Å². The molecular formula is C23H21Cl2N9O2. The molecule has 4 aromatic rings. The van der Waals surface area contributed by atoms with E-state index in [1.807, 2.05) is 6.07 Å². The van der Waals surface area contributed by atoms with E-state index >= 15 is 0 Å². The molecule has 1 aromatic carbocycles. The normalized spacial score (nSPS) is 11.4. The van der Waals surface area contributed by atoms with E-state index in [0.29, 0.717) is 51.1 Å². The Bertz CT molecular complexity index is 1510. The van der Waals surface area contributed by atoms with Gasteiger partial charge in [-0.3, -0.25) is 23.8 Å². The zero-order valence-corrected chi connectivity index (χ0v) is 20.5. The number of nitrogens with one attached hydrogen (secondary N) is 1. The first kappa shape index (κ1) is 24.9. The van der Waals surface area contributed by atoms with Crippen LogP contribution in [0.3, 0.4) is 0 Å². The Morgan fingerprint density at radius 1 is 1.22 bits per heavy atom. The van der Waals surface area contributed by atoms with Gasteiger partial charge in [-0.25, -0.2) is 15.8 Å². The van der Waals surface area contributed by atoms with Gasteiger partial charge in [0.25, 0.3) is 5.56 Å². The number of carbonyl (C=O) groups excluding carboxylic acids is 1. The van der Waals surface area contributed by atoms with Gasteiger partial charge in [0, 0.05) is 23.7 Å². The molecule has 4 rings (SSSR count). The van der Waals surface area contributed by atoms with Gasteiger partial charge in [0.2, 0.25) is 6.41 Å². The second-order valence-electron chi connectivity index (χ2n) is 7.63. The minimum atomic E-state index is -0.307. The van der Waals surface area contributed by atoms with E-state index in [1.165, 1.54) is 34.4 Å². The van der Waals surface area contributed by atoms with Gasteiger partial charge in [-0.05, 0) is 30.3 Å². The molecule has 3 heterocycles. The number of carbonyl (C=O) groups is 1. The Hall–Kier alpha value is -4.19. The highest BCUT2D eigenvalue weighted by Crippen LogP contribution is 2.31. The van der Waals surface area contributed by atoms with Crippen LogP contribution in [0.4, 0.5) is 11.4 Å². The second-order valence-corrected chi connectivity index (χ2v) is 8.50. The fourth-order valence-electron chi connectivity index (χ4n) is 3.62. The van der Waals surface area contributed by atoms with Gasteiger partial charge in [-0.15, -0.1) is 0 Å². The van der Waals surface area contributed by atoms with Crippen molar-refractivity contribution < 1.29 is 4.79 Å². The van der Waals surface area contributed by atoms with Crippen molar-refractivity contribution in [1.29, 1.82) is 0 Å². The maximum Gasteiger partial charge on any atom is 0.254 e. The van der Waals surface area contributed by atoms with E-state index in [-0.39, 0.29) is 17.3 Å². The highest BCUT2D eigenvalue weighted by Gasteiger charge is 2.15. The fraction of sp³-hybridized carbons (Fsp3) is 0.0870. The molecule has 0 saturated heterocycles. The number of aromatic nitrogens is 5. The highest BCUT2D eigenvalue weighted by atomic mass is 35.5. The minimum Gasteiger partial charge on any atom is -0.388 e. The smallest absolute Gasteiger partial charge is 0.254 e. The molecule has 13 heteroatoms. The Kier molecular flexibility index (Phi) is 7.34. The van der Waals surface area contributed by atoms with Gasteiger partial charge < -0.3 is 11.1 Å². The van der Waals surface area contributed by atoms with E-state index in [9.17, 15) is 9.59 Å². The first-order chi connectivity index (χ1) is 17.3. The van der Waals surface area contributed by atoms with Crippen LogP contribution in [0.15, 0.2) is 71.1 Å². The van der Waals surface area contributed by atoms with Crippen molar-refractivity contribution in [3.05, 3.63) is 87.4 Å². The predicted octanol–water partition coefficient (Wildman–Crippen LogP) is 2.65. The summed E-state index contributed by atoms with van der Waals surface area (Å²) in [5.41, 5.74) is 8.97. The lowest BCUT2D eigenvalue weighted by molar-refractivity contribution is -0.105. The van der Waals surface area contributed by atoms with Gasteiger partial charge in [-0.2, -0.15) is 5.10 Å². The number of nitrogens with zero attached hydrogens (tertiary/aromatic N) is 6. The summed E-state index contributed by atoms with van der Waals surface area (Å²) < 4.78 is 3.03. The Labute approximate surface area is 215 Å². The number of nitrogens with two attached hydrogens (primary N) is 2. The lowest BCUT2D eigenvalue weighted by Crippen LogP contribution is -2.26. The molecule has 184 valence electrons. The van der Waals surface area contributed by atoms with Crippen molar-refractivity contribution in [3.8, 4) is 22.6 Å². The summed E-state index contributed by atoms with van der Waals surface area (Å²) in [4.78, 5) is 33.0. The van der Waals surface area contributed by atoms with Crippen LogP contribution in [0.2, 0.25) is 5.02 Å². The maximum absolute atomic E-state index is 13.0. The second kappa shape index (κ2) is 10.6. The molecule has 0 bridgehead atoms. The van der Waals surface area contributed by atoms with Crippen molar-refractivity contribution in [1.82, 2.24) is 24.3 Å². The third-order valence-electron chi connectivity index (χ3n) is 5.19. The lowest BCUT2D eigenvalue weighted by atomic mass is 10.1. The maximum atomic E-state index is 13.0. The number of hydrogen-bond acceptors (Lipinski definition) is 8. The van der Waals surface area contributed by atoms with Crippen molar-refractivity contribution in [2.45, 2.75) is 6.54 Å². The first-order valence-corrected chi connectivity index (χ1v) is 11.2. The van der Waals surface area contributed by atoms with Crippen LogP contribution < -0.4 is 27.5 Å². The SMILES string of the molecule is Cn1ncc(NC=O)c1-c1cccc(Cn2cnc(-c3cc(Cl)ccc3N(N)/C=C(\N)Cl)cc2=O)n1. The number of amides is 1. The molecule has 0 aliphatic carbocycles. The van der Waals surface area contributed by atoms with Crippen LogP contribution in [0, 0.1) is 0 Å².